The van der Waals surface area contributed by atoms with Crippen LogP contribution in [0.4, 0.5) is 5.82 Å². The van der Waals surface area contributed by atoms with Gasteiger partial charge < -0.3 is 9.64 Å². The van der Waals surface area contributed by atoms with Gasteiger partial charge in [0.1, 0.15) is 6.29 Å². The van der Waals surface area contributed by atoms with Crippen LogP contribution in [0.15, 0.2) is 42.6 Å². The number of aromatic nitrogens is 1. The molecule has 4 nitrogen and oxygen atoms in total. The van der Waals surface area contributed by atoms with Gasteiger partial charge in [0.15, 0.2) is 11.6 Å². The lowest BCUT2D eigenvalue weighted by molar-refractivity contribution is -0.104. The molecular formula is C16H20N2O2. The zero-order valence-electron chi connectivity index (χ0n) is 12.4. The highest BCUT2D eigenvalue weighted by Crippen LogP contribution is 2.27. The summed E-state index contributed by atoms with van der Waals surface area (Å²) in [6.45, 7) is 5.53. The highest BCUT2D eigenvalue weighted by Gasteiger charge is 2.08. The van der Waals surface area contributed by atoms with E-state index < -0.39 is 0 Å². The predicted octanol–water partition coefficient (Wildman–Crippen LogP) is 2.87. The highest BCUT2D eigenvalue weighted by molar-refractivity contribution is 5.79. The molecule has 0 spiro atoms. The summed E-state index contributed by atoms with van der Waals surface area (Å²) in [5.41, 5.74) is 2.47. The minimum atomic E-state index is 0.536. The number of hydrogen-bond donors (Lipinski definition) is 0. The molecule has 1 heterocycles. The van der Waals surface area contributed by atoms with Gasteiger partial charge in [0.2, 0.25) is 0 Å². The summed E-state index contributed by atoms with van der Waals surface area (Å²) >= 11 is 0. The molecule has 0 atom stereocenters. The number of pyridine rings is 1. The third kappa shape index (κ3) is 3.82. The van der Waals surface area contributed by atoms with E-state index in [1.54, 1.807) is 19.4 Å². The molecule has 0 aromatic carbocycles. The number of carbonyl (C=O) groups is 1. The molecule has 106 valence electrons. The van der Waals surface area contributed by atoms with Crippen LogP contribution in [0.2, 0.25) is 0 Å². The normalized spacial score (nSPS) is 12.0. The zero-order chi connectivity index (χ0) is 15.1. The first-order valence-corrected chi connectivity index (χ1v) is 6.21. The van der Waals surface area contributed by atoms with E-state index in [0.717, 1.165) is 23.2 Å². The van der Waals surface area contributed by atoms with Gasteiger partial charge in [-0.25, -0.2) is 4.98 Å². The molecule has 4 heteroatoms. The van der Waals surface area contributed by atoms with Gasteiger partial charge in [-0.2, -0.15) is 0 Å². The summed E-state index contributed by atoms with van der Waals surface area (Å²) in [5.74, 6) is 1.49. The first-order valence-electron chi connectivity index (χ1n) is 6.21. The van der Waals surface area contributed by atoms with E-state index in [0.29, 0.717) is 11.3 Å². The molecule has 20 heavy (non-hydrogen) atoms. The van der Waals surface area contributed by atoms with E-state index in [-0.39, 0.29) is 0 Å². The quantitative estimate of drug-likeness (QED) is 0.454. The van der Waals surface area contributed by atoms with Crippen molar-refractivity contribution in [2.24, 2.45) is 0 Å². The Balaban J connectivity index is 3.14. The molecule has 0 aliphatic heterocycles. The van der Waals surface area contributed by atoms with Gasteiger partial charge in [-0.3, -0.25) is 4.79 Å². The summed E-state index contributed by atoms with van der Waals surface area (Å²) in [6, 6.07) is 1.93. The van der Waals surface area contributed by atoms with E-state index in [1.807, 2.05) is 38.1 Å². The fourth-order valence-electron chi connectivity index (χ4n) is 1.61. The fourth-order valence-corrected chi connectivity index (χ4v) is 1.61. The Labute approximate surface area is 120 Å². The largest absolute Gasteiger partial charge is 0.493 e. The molecule has 1 rings (SSSR count). The Kier molecular flexibility index (Phi) is 5.72. The third-order valence-electron chi connectivity index (χ3n) is 2.83. The lowest BCUT2D eigenvalue weighted by atomic mass is 10.1. The van der Waals surface area contributed by atoms with Crippen molar-refractivity contribution in [2.45, 2.75) is 6.92 Å². The predicted molar refractivity (Wildman–Crippen MR) is 83.1 cm³/mol. The Morgan fingerprint density at radius 1 is 1.40 bits per heavy atom. The SMILES string of the molecule is C=C/C(C=O)=C\C=C(/C)c1cnc(N(C)C)c(OC)c1. The number of anilines is 1. The first-order chi connectivity index (χ1) is 9.53. The van der Waals surface area contributed by atoms with Crippen molar-refractivity contribution in [3.8, 4) is 5.75 Å². The average molecular weight is 272 g/mol. The van der Waals surface area contributed by atoms with Crippen molar-refractivity contribution >= 4 is 17.7 Å². The Bertz CT molecular complexity index is 548. The maximum Gasteiger partial charge on any atom is 0.170 e. The minimum absolute atomic E-state index is 0.536. The van der Waals surface area contributed by atoms with Crippen LogP contribution >= 0.6 is 0 Å². The van der Waals surface area contributed by atoms with Gasteiger partial charge in [-0.1, -0.05) is 24.8 Å². The van der Waals surface area contributed by atoms with Crippen molar-refractivity contribution in [1.82, 2.24) is 4.98 Å². The Hall–Kier alpha value is -2.36. The number of methoxy groups -OCH3 is 1. The van der Waals surface area contributed by atoms with Crippen LogP contribution in [0.5, 0.6) is 5.75 Å². The van der Waals surface area contributed by atoms with E-state index >= 15 is 0 Å². The van der Waals surface area contributed by atoms with Gasteiger partial charge in [0.25, 0.3) is 0 Å². The molecule has 0 bridgehead atoms. The number of allylic oxidation sites excluding steroid dienone is 5. The van der Waals surface area contributed by atoms with E-state index in [4.69, 9.17) is 4.74 Å². The second-order valence-electron chi connectivity index (χ2n) is 4.48. The topological polar surface area (TPSA) is 42.4 Å². The minimum Gasteiger partial charge on any atom is -0.493 e. The average Bonchev–Trinajstić information content (AvgIpc) is 2.47. The number of nitrogens with zero attached hydrogens (tertiary/aromatic N) is 2. The molecule has 0 amide bonds. The molecule has 1 aromatic heterocycles. The second kappa shape index (κ2) is 7.28. The third-order valence-corrected chi connectivity index (χ3v) is 2.83. The van der Waals surface area contributed by atoms with Crippen molar-refractivity contribution in [3.63, 3.8) is 0 Å². The molecule has 0 aliphatic carbocycles. The molecule has 1 aromatic rings. The summed E-state index contributed by atoms with van der Waals surface area (Å²) in [5, 5.41) is 0. The number of aldehydes is 1. The standard InChI is InChI=1S/C16H20N2O2/c1-6-13(11-19)8-7-12(2)14-9-15(20-5)16(17-10-14)18(3)4/h6-11H,1H2,2-5H3/b12-7+,13-8+. The lowest BCUT2D eigenvalue weighted by Gasteiger charge is -2.16. The van der Waals surface area contributed by atoms with Gasteiger partial charge in [-0.05, 0) is 24.1 Å². The number of ether oxygens (including phenoxy) is 1. The van der Waals surface area contributed by atoms with Crippen LogP contribution in [0.1, 0.15) is 12.5 Å². The Morgan fingerprint density at radius 2 is 2.10 bits per heavy atom. The molecule has 0 saturated carbocycles. The van der Waals surface area contributed by atoms with Gasteiger partial charge in [0, 0.05) is 25.9 Å². The van der Waals surface area contributed by atoms with Gasteiger partial charge in [-0.15, -0.1) is 0 Å². The number of rotatable bonds is 6. The molecule has 0 aliphatic rings. The summed E-state index contributed by atoms with van der Waals surface area (Å²) < 4.78 is 5.35. The molecular weight excluding hydrogens is 252 g/mol. The molecule has 0 N–H and O–H groups in total. The van der Waals surface area contributed by atoms with E-state index in [1.165, 1.54) is 6.08 Å². The van der Waals surface area contributed by atoms with Crippen LogP contribution in [0.25, 0.3) is 5.57 Å². The fraction of sp³-hybridized carbons (Fsp3) is 0.250. The van der Waals surface area contributed by atoms with Crippen molar-refractivity contribution in [2.75, 3.05) is 26.1 Å². The van der Waals surface area contributed by atoms with Crippen LogP contribution < -0.4 is 9.64 Å². The van der Waals surface area contributed by atoms with Crippen molar-refractivity contribution in [3.05, 3.63) is 48.2 Å². The Morgan fingerprint density at radius 3 is 2.60 bits per heavy atom. The molecule has 0 unspecified atom stereocenters. The second-order valence-corrected chi connectivity index (χ2v) is 4.48. The zero-order valence-corrected chi connectivity index (χ0v) is 12.4. The maximum absolute atomic E-state index is 10.7. The van der Waals surface area contributed by atoms with Gasteiger partial charge in [0.05, 0.1) is 7.11 Å². The van der Waals surface area contributed by atoms with Crippen LogP contribution in [0.3, 0.4) is 0 Å². The highest BCUT2D eigenvalue weighted by atomic mass is 16.5. The van der Waals surface area contributed by atoms with Crippen molar-refractivity contribution < 1.29 is 9.53 Å². The first kappa shape index (κ1) is 15.7. The van der Waals surface area contributed by atoms with Gasteiger partial charge >= 0.3 is 0 Å². The van der Waals surface area contributed by atoms with Crippen molar-refractivity contribution in [1.29, 1.82) is 0 Å². The lowest BCUT2D eigenvalue weighted by Crippen LogP contribution is -2.12. The van der Waals surface area contributed by atoms with Crippen LogP contribution in [-0.4, -0.2) is 32.5 Å². The van der Waals surface area contributed by atoms with E-state index in [2.05, 4.69) is 11.6 Å². The van der Waals surface area contributed by atoms with E-state index in [9.17, 15) is 4.79 Å². The summed E-state index contributed by atoms with van der Waals surface area (Å²) in [6.07, 6.45) is 7.65. The van der Waals surface area contributed by atoms with Crippen LogP contribution in [-0.2, 0) is 4.79 Å². The smallest absolute Gasteiger partial charge is 0.170 e. The number of hydrogen-bond acceptors (Lipinski definition) is 4. The molecule has 0 radical (unpaired) electrons. The van der Waals surface area contributed by atoms with Crippen LogP contribution in [0, 0.1) is 0 Å². The summed E-state index contributed by atoms with van der Waals surface area (Å²) in [4.78, 5) is 17.0. The molecule has 0 saturated heterocycles. The monoisotopic (exact) mass is 272 g/mol. The summed E-state index contributed by atoms with van der Waals surface area (Å²) in [7, 11) is 5.45. The maximum atomic E-state index is 10.7. The molecule has 0 fully saturated rings. The number of carbonyl (C=O) groups excluding carboxylic acids is 1.